The highest BCUT2D eigenvalue weighted by molar-refractivity contribution is 6.50. The third-order valence-corrected chi connectivity index (χ3v) is 5.36. The molecule has 3 rings (SSSR count). The molecule has 1 aromatic heterocycles. The molecule has 9 heteroatoms. The predicted molar refractivity (Wildman–Crippen MR) is 109 cm³/mol. The maximum absolute atomic E-state index is 13.6. The summed E-state index contributed by atoms with van der Waals surface area (Å²) in [5.41, 5.74) is 2.81. The van der Waals surface area contributed by atoms with Crippen molar-refractivity contribution in [2.75, 3.05) is 0 Å². The summed E-state index contributed by atoms with van der Waals surface area (Å²) in [6.45, 7) is 2.26. The molecule has 162 valence electrons. The molecular weight excluding hydrogens is 400 g/mol. The number of halogens is 5. The Kier molecular flexibility index (Phi) is 8.76. The van der Waals surface area contributed by atoms with Gasteiger partial charge in [-0.05, 0) is 55.2 Å². The lowest BCUT2D eigenvalue weighted by molar-refractivity contribution is 0.304. The van der Waals surface area contributed by atoms with Gasteiger partial charge in [0.15, 0.2) is 4.98 Å². The van der Waals surface area contributed by atoms with Gasteiger partial charge >= 0.3 is 12.9 Å². The molecule has 0 bridgehead atoms. The highest BCUT2D eigenvalue weighted by atomic mass is 19.5. The standard InChI is InChI=1S/C21H25FN3.BF4/c1-2-3-4-15-5-7-16(8-6-15)17-9-10-21(24-14-17)18-11-19(22)13-20(12-18)25-23;2-1(3,4)5/h9-16H,2-8H2,1H3;/q+1;-1. The average molecular weight is 425 g/mol. The number of unbranched alkanes of at least 4 members (excludes halogenated alkanes) is 1. The number of benzene rings is 1. The zero-order valence-corrected chi connectivity index (χ0v) is 16.9. The van der Waals surface area contributed by atoms with Gasteiger partial charge in [0.25, 0.3) is 0 Å². The summed E-state index contributed by atoms with van der Waals surface area (Å²) in [5.74, 6) is 1.06. The summed E-state index contributed by atoms with van der Waals surface area (Å²) >= 11 is 0. The smallest absolute Gasteiger partial charge is 0.418 e. The van der Waals surface area contributed by atoms with Crippen molar-refractivity contribution >= 4 is 12.9 Å². The molecular formula is C21H25BF5N3. The number of rotatable bonds is 5. The summed E-state index contributed by atoms with van der Waals surface area (Å²) < 4.78 is 52.6. The maximum atomic E-state index is 13.6. The SMILES string of the molecule is CCCCC1CCC(c2ccc(-c3cc(F)cc([N+]#N)c3)nc2)CC1.F[B-](F)(F)F. The average Bonchev–Trinajstić information content (AvgIpc) is 2.71. The Morgan fingerprint density at radius 2 is 1.73 bits per heavy atom. The molecule has 30 heavy (non-hydrogen) atoms. The van der Waals surface area contributed by atoms with Crippen LogP contribution in [-0.4, -0.2) is 12.2 Å². The lowest BCUT2D eigenvalue weighted by Crippen LogP contribution is -2.13. The molecule has 0 radical (unpaired) electrons. The highest BCUT2D eigenvalue weighted by Crippen LogP contribution is 2.38. The molecule has 1 fully saturated rings. The fraction of sp³-hybridized carbons (Fsp3) is 0.476. The van der Waals surface area contributed by atoms with E-state index in [0.717, 1.165) is 5.92 Å². The van der Waals surface area contributed by atoms with Crippen molar-refractivity contribution in [3.63, 3.8) is 0 Å². The predicted octanol–water partition coefficient (Wildman–Crippen LogP) is 8.14. The molecule has 3 nitrogen and oxygen atoms in total. The van der Waals surface area contributed by atoms with Gasteiger partial charge in [0.1, 0.15) is 5.82 Å². The van der Waals surface area contributed by atoms with Crippen LogP contribution in [0.25, 0.3) is 16.2 Å². The third-order valence-electron chi connectivity index (χ3n) is 5.36. The molecule has 0 aliphatic heterocycles. The van der Waals surface area contributed by atoms with E-state index in [2.05, 4.69) is 23.0 Å². The van der Waals surface area contributed by atoms with E-state index in [4.69, 9.17) is 5.39 Å². The normalized spacial score (nSPS) is 18.8. The van der Waals surface area contributed by atoms with E-state index in [0.29, 0.717) is 17.2 Å². The Morgan fingerprint density at radius 1 is 1.07 bits per heavy atom. The minimum atomic E-state index is -6.00. The van der Waals surface area contributed by atoms with E-state index in [9.17, 15) is 21.7 Å². The molecule has 2 aromatic rings. The molecule has 1 aliphatic rings. The Labute approximate surface area is 173 Å². The van der Waals surface area contributed by atoms with Crippen molar-refractivity contribution in [3.8, 4) is 11.3 Å². The van der Waals surface area contributed by atoms with Crippen LogP contribution < -0.4 is 0 Å². The van der Waals surface area contributed by atoms with Gasteiger partial charge in [-0.2, -0.15) is 0 Å². The lowest BCUT2D eigenvalue weighted by atomic mass is 9.77. The fourth-order valence-corrected chi connectivity index (χ4v) is 3.87. The largest absolute Gasteiger partial charge is 0.673 e. The monoisotopic (exact) mass is 425 g/mol. The molecule has 0 saturated heterocycles. The molecule has 1 aliphatic carbocycles. The van der Waals surface area contributed by atoms with Crippen molar-refractivity contribution in [2.24, 2.45) is 5.92 Å². The zero-order valence-electron chi connectivity index (χ0n) is 16.9. The van der Waals surface area contributed by atoms with Crippen LogP contribution >= 0.6 is 0 Å². The van der Waals surface area contributed by atoms with E-state index < -0.39 is 13.1 Å². The minimum absolute atomic E-state index is 0.200. The summed E-state index contributed by atoms with van der Waals surface area (Å²) in [7, 11) is -6.00. The lowest BCUT2D eigenvalue weighted by Gasteiger charge is -2.28. The number of hydrogen-bond donors (Lipinski definition) is 0. The first-order valence-corrected chi connectivity index (χ1v) is 10.2. The van der Waals surface area contributed by atoms with Gasteiger partial charge in [0.2, 0.25) is 5.39 Å². The van der Waals surface area contributed by atoms with Crippen LogP contribution in [0, 0.1) is 17.1 Å². The summed E-state index contributed by atoms with van der Waals surface area (Å²) in [5, 5.41) is 8.86. The molecule has 0 unspecified atom stereocenters. The minimum Gasteiger partial charge on any atom is -0.418 e. The number of hydrogen-bond acceptors (Lipinski definition) is 2. The molecule has 1 aromatic carbocycles. The van der Waals surface area contributed by atoms with Gasteiger partial charge in [-0.15, -0.1) is 0 Å². The second-order valence-electron chi connectivity index (χ2n) is 7.63. The van der Waals surface area contributed by atoms with E-state index in [1.807, 2.05) is 12.3 Å². The highest BCUT2D eigenvalue weighted by Gasteiger charge is 2.22. The second-order valence-corrected chi connectivity index (χ2v) is 7.63. The maximum Gasteiger partial charge on any atom is 0.673 e. The van der Waals surface area contributed by atoms with Crippen molar-refractivity contribution in [3.05, 3.63) is 52.9 Å². The molecule has 0 spiro atoms. The van der Waals surface area contributed by atoms with Gasteiger partial charge in [0.05, 0.1) is 11.8 Å². The third kappa shape index (κ3) is 8.09. The molecule has 0 N–H and O–H groups in total. The van der Waals surface area contributed by atoms with Gasteiger partial charge in [-0.3, -0.25) is 4.98 Å². The first-order valence-electron chi connectivity index (χ1n) is 10.2. The Bertz CT molecular complexity index is 835. The van der Waals surface area contributed by atoms with Gasteiger partial charge in [0, 0.05) is 17.8 Å². The fourth-order valence-electron chi connectivity index (χ4n) is 3.87. The van der Waals surface area contributed by atoms with E-state index in [1.54, 1.807) is 6.07 Å². The van der Waals surface area contributed by atoms with Crippen LogP contribution in [0.2, 0.25) is 0 Å². The molecule has 1 saturated carbocycles. The van der Waals surface area contributed by atoms with Crippen LogP contribution in [-0.2, 0) is 0 Å². The number of nitrogens with zero attached hydrogens (tertiary/aromatic N) is 3. The Balaban J connectivity index is 0.000000575. The van der Waals surface area contributed by atoms with Crippen molar-refractivity contribution in [2.45, 2.75) is 57.8 Å². The number of diazo groups is 1. The number of pyridine rings is 1. The Morgan fingerprint density at radius 3 is 2.27 bits per heavy atom. The van der Waals surface area contributed by atoms with Crippen LogP contribution in [0.1, 0.15) is 63.4 Å². The van der Waals surface area contributed by atoms with Crippen molar-refractivity contribution in [1.29, 1.82) is 5.39 Å². The van der Waals surface area contributed by atoms with Crippen LogP contribution in [0.15, 0.2) is 36.5 Å². The zero-order chi connectivity index (χ0) is 22.1. The van der Waals surface area contributed by atoms with Crippen LogP contribution in [0.3, 0.4) is 0 Å². The van der Waals surface area contributed by atoms with Crippen molar-refractivity contribution in [1.82, 2.24) is 4.98 Å². The van der Waals surface area contributed by atoms with Crippen molar-refractivity contribution < 1.29 is 21.7 Å². The first kappa shape index (κ1) is 23.8. The molecule has 0 atom stereocenters. The summed E-state index contributed by atoms with van der Waals surface area (Å²) in [6, 6.07) is 8.28. The molecule has 1 heterocycles. The summed E-state index contributed by atoms with van der Waals surface area (Å²) in [4.78, 5) is 7.59. The first-order chi connectivity index (χ1) is 14.2. The van der Waals surface area contributed by atoms with Gasteiger partial charge < -0.3 is 17.3 Å². The van der Waals surface area contributed by atoms with E-state index >= 15 is 0 Å². The molecule has 0 amide bonds. The van der Waals surface area contributed by atoms with Gasteiger partial charge in [-0.1, -0.05) is 32.3 Å². The second kappa shape index (κ2) is 11.0. The number of aromatic nitrogens is 1. The summed E-state index contributed by atoms with van der Waals surface area (Å²) in [6.07, 6.45) is 11.0. The Hall–Kier alpha value is -2.50. The van der Waals surface area contributed by atoms with E-state index in [1.165, 1.54) is 62.6 Å². The topological polar surface area (TPSA) is 41.0 Å². The quantitative estimate of drug-likeness (QED) is 0.276. The van der Waals surface area contributed by atoms with Crippen LogP contribution in [0.4, 0.5) is 27.3 Å². The van der Waals surface area contributed by atoms with E-state index in [-0.39, 0.29) is 5.69 Å². The van der Waals surface area contributed by atoms with Gasteiger partial charge in [-0.25, -0.2) is 4.39 Å². The van der Waals surface area contributed by atoms with Crippen LogP contribution in [0.5, 0.6) is 0 Å².